The summed E-state index contributed by atoms with van der Waals surface area (Å²) in [4.78, 5) is 26.6. The van der Waals surface area contributed by atoms with E-state index in [0.717, 1.165) is 11.8 Å². The molecule has 2 aromatic rings. The summed E-state index contributed by atoms with van der Waals surface area (Å²) >= 11 is 0.890. The van der Waals surface area contributed by atoms with Crippen molar-refractivity contribution < 1.29 is 24.2 Å². The molecule has 2 N–H and O–H groups in total. The van der Waals surface area contributed by atoms with Crippen LogP contribution in [0.2, 0.25) is 0 Å². The fourth-order valence-corrected chi connectivity index (χ4v) is 3.04. The number of aryl methyl sites for hydroxylation is 1. The molecule has 0 aliphatic heterocycles. The lowest BCUT2D eigenvalue weighted by molar-refractivity contribution is -0.142. The van der Waals surface area contributed by atoms with Crippen LogP contribution in [0, 0.1) is 12.7 Å². The summed E-state index contributed by atoms with van der Waals surface area (Å²) in [6.45, 7) is 1.74. The van der Waals surface area contributed by atoms with Gasteiger partial charge >= 0.3 is 11.9 Å². The third-order valence-electron chi connectivity index (χ3n) is 2.77. The molecule has 0 spiro atoms. The van der Waals surface area contributed by atoms with Gasteiger partial charge in [0.2, 0.25) is 0 Å². The van der Waals surface area contributed by atoms with E-state index in [2.05, 4.69) is 4.98 Å². The van der Waals surface area contributed by atoms with Crippen LogP contribution in [0.15, 0.2) is 29.2 Å². The standard InChI is InChI=1S/C14H12FNO4S/c1-7-4-11(21-12(14(19)20)6-13(17)18)9-5-8(15)2-3-10(9)16-7/h2-5,12H,6H2,1H3,(H,17,18)(H,19,20). The van der Waals surface area contributed by atoms with E-state index >= 15 is 0 Å². The van der Waals surface area contributed by atoms with Gasteiger partial charge in [0.05, 0.1) is 11.9 Å². The Hall–Kier alpha value is -2.15. The van der Waals surface area contributed by atoms with E-state index < -0.39 is 29.4 Å². The van der Waals surface area contributed by atoms with Crippen LogP contribution in [0.4, 0.5) is 4.39 Å². The Labute approximate surface area is 123 Å². The molecule has 5 nitrogen and oxygen atoms in total. The molecule has 1 aromatic heterocycles. The number of aliphatic carboxylic acids is 2. The lowest BCUT2D eigenvalue weighted by Crippen LogP contribution is -2.20. The molecule has 0 aliphatic rings. The van der Waals surface area contributed by atoms with Crippen molar-refractivity contribution in [1.82, 2.24) is 4.98 Å². The highest BCUT2D eigenvalue weighted by molar-refractivity contribution is 8.00. The Balaban J connectivity index is 2.46. The summed E-state index contributed by atoms with van der Waals surface area (Å²) in [5.41, 5.74) is 1.19. The number of carboxylic acids is 2. The molecule has 0 bridgehead atoms. The number of rotatable bonds is 5. The number of carbonyl (C=O) groups is 2. The van der Waals surface area contributed by atoms with Crippen molar-refractivity contribution in [3.05, 3.63) is 35.8 Å². The van der Waals surface area contributed by atoms with E-state index in [1.807, 2.05) is 0 Å². The van der Waals surface area contributed by atoms with Crippen molar-refractivity contribution in [2.75, 3.05) is 0 Å². The molecule has 2 rings (SSSR count). The molecule has 1 heterocycles. The molecule has 0 radical (unpaired) electrons. The van der Waals surface area contributed by atoms with E-state index in [0.29, 0.717) is 21.5 Å². The predicted molar refractivity (Wildman–Crippen MR) is 76.0 cm³/mol. The summed E-state index contributed by atoms with van der Waals surface area (Å²) in [6.07, 6.45) is -0.516. The van der Waals surface area contributed by atoms with Gasteiger partial charge in [0, 0.05) is 16.0 Å². The van der Waals surface area contributed by atoms with Gasteiger partial charge in [-0.15, -0.1) is 11.8 Å². The van der Waals surface area contributed by atoms with Crippen LogP contribution in [0.1, 0.15) is 12.1 Å². The minimum atomic E-state index is -1.22. The summed E-state index contributed by atoms with van der Waals surface area (Å²) in [6, 6.07) is 5.68. The quantitative estimate of drug-likeness (QED) is 0.826. The zero-order chi connectivity index (χ0) is 15.6. The molecular formula is C14H12FNO4S. The van der Waals surface area contributed by atoms with Crippen LogP contribution < -0.4 is 0 Å². The van der Waals surface area contributed by atoms with E-state index in [-0.39, 0.29) is 0 Å². The minimum Gasteiger partial charge on any atom is -0.481 e. The fraction of sp³-hybridized carbons (Fsp3) is 0.214. The van der Waals surface area contributed by atoms with Gasteiger partial charge in [0.25, 0.3) is 0 Å². The zero-order valence-electron chi connectivity index (χ0n) is 11.0. The first-order valence-corrected chi connectivity index (χ1v) is 6.93. The second kappa shape index (κ2) is 6.09. The smallest absolute Gasteiger partial charge is 0.317 e. The Bertz CT molecular complexity index is 719. The molecule has 1 aromatic carbocycles. The van der Waals surface area contributed by atoms with Gasteiger partial charge in [-0.2, -0.15) is 0 Å². The number of carboxylic acid groups (broad SMARTS) is 2. The molecule has 0 amide bonds. The van der Waals surface area contributed by atoms with E-state index in [1.54, 1.807) is 13.0 Å². The highest BCUT2D eigenvalue weighted by atomic mass is 32.2. The third kappa shape index (κ3) is 3.69. The summed E-state index contributed by atoms with van der Waals surface area (Å²) in [7, 11) is 0. The van der Waals surface area contributed by atoms with E-state index in [1.165, 1.54) is 18.2 Å². The number of fused-ring (bicyclic) bond motifs is 1. The normalized spacial score (nSPS) is 12.3. The topological polar surface area (TPSA) is 87.5 Å². The Kier molecular flexibility index (Phi) is 4.42. The molecule has 0 saturated carbocycles. The highest BCUT2D eigenvalue weighted by Gasteiger charge is 2.23. The number of halogens is 1. The van der Waals surface area contributed by atoms with Gasteiger partial charge in [-0.1, -0.05) is 0 Å². The monoisotopic (exact) mass is 309 g/mol. The molecule has 110 valence electrons. The van der Waals surface area contributed by atoms with Crippen molar-refractivity contribution in [1.29, 1.82) is 0 Å². The van der Waals surface area contributed by atoms with Gasteiger partial charge in [-0.05, 0) is 31.2 Å². The van der Waals surface area contributed by atoms with Gasteiger partial charge in [0.1, 0.15) is 11.1 Å². The van der Waals surface area contributed by atoms with Crippen LogP contribution in [0.25, 0.3) is 10.9 Å². The Morgan fingerprint density at radius 2 is 2.05 bits per heavy atom. The minimum absolute atomic E-state index is 0.458. The molecular weight excluding hydrogens is 297 g/mol. The summed E-state index contributed by atoms with van der Waals surface area (Å²) < 4.78 is 13.4. The Morgan fingerprint density at radius 3 is 2.67 bits per heavy atom. The fourth-order valence-electron chi connectivity index (χ4n) is 1.88. The van der Waals surface area contributed by atoms with Crippen LogP contribution in [-0.2, 0) is 9.59 Å². The second-order valence-corrected chi connectivity index (χ2v) is 5.71. The van der Waals surface area contributed by atoms with Gasteiger partial charge in [0.15, 0.2) is 0 Å². The van der Waals surface area contributed by atoms with Crippen molar-refractivity contribution in [3.8, 4) is 0 Å². The Morgan fingerprint density at radius 1 is 1.33 bits per heavy atom. The maximum absolute atomic E-state index is 13.4. The molecule has 7 heteroatoms. The number of aromatic nitrogens is 1. The van der Waals surface area contributed by atoms with Crippen LogP contribution in [0.5, 0.6) is 0 Å². The number of nitrogens with zero attached hydrogens (tertiary/aromatic N) is 1. The SMILES string of the molecule is Cc1cc(SC(CC(=O)O)C(=O)O)c2cc(F)ccc2n1. The average molecular weight is 309 g/mol. The maximum Gasteiger partial charge on any atom is 0.317 e. The van der Waals surface area contributed by atoms with Crippen LogP contribution >= 0.6 is 11.8 Å². The third-order valence-corrected chi connectivity index (χ3v) is 4.01. The number of hydrogen-bond acceptors (Lipinski definition) is 4. The number of hydrogen-bond donors (Lipinski definition) is 2. The highest BCUT2D eigenvalue weighted by Crippen LogP contribution is 2.32. The second-order valence-electron chi connectivity index (χ2n) is 4.47. The molecule has 1 atom stereocenters. The molecule has 0 aliphatic carbocycles. The molecule has 0 fully saturated rings. The van der Waals surface area contributed by atoms with Gasteiger partial charge < -0.3 is 10.2 Å². The largest absolute Gasteiger partial charge is 0.481 e. The molecule has 21 heavy (non-hydrogen) atoms. The summed E-state index contributed by atoms with van der Waals surface area (Å²) in [5.74, 6) is -2.88. The number of pyridine rings is 1. The van der Waals surface area contributed by atoms with Gasteiger partial charge in [-0.25, -0.2) is 4.39 Å². The van der Waals surface area contributed by atoms with Crippen molar-refractivity contribution >= 4 is 34.6 Å². The van der Waals surface area contributed by atoms with E-state index in [4.69, 9.17) is 10.2 Å². The van der Waals surface area contributed by atoms with Crippen LogP contribution in [0.3, 0.4) is 0 Å². The molecule has 0 saturated heterocycles. The zero-order valence-corrected chi connectivity index (χ0v) is 11.9. The van der Waals surface area contributed by atoms with E-state index in [9.17, 15) is 14.0 Å². The first-order chi connectivity index (χ1) is 9.86. The van der Waals surface area contributed by atoms with Crippen molar-refractivity contribution in [2.45, 2.75) is 23.5 Å². The first-order valence-electron chi connectivity index (χ1n) is 6.05. The van der Waals surface area contributed by atoms with Crippen molar-refractivity contribution in [3.63, 3.8) is 0 Å². The lowest BCUT2D eigenvalue weighted by atomic mass is 10.2. The van der Waals surface area contributed by atoms with Crippen molar-refractivity contribution in [2.24, 2.45) is 0 Å². The van der Waals surface area contributed by atoms with Crippen LogP contribution in [-0.4, -0.2) is 32.4 Å². The number of thioether (sulfide) groups is 1. The maximum atomic E-state index is 13.4. The molecule has 1 unspecified atom stereocenters. The first kappa shape index (κ1) is 15.2. The predicted octanol–water partition coefficient (Wildman–Crippen LogP) is 2.70. The average Bonchev–Trinajstić information content (AvgIpc) is 2.38. The number of benzene rings is 1. The van der Waals surface area contributed by atoms with Gasteiger partial charge in [-0.3, -0.25) is 14.6 Å². The lowest BCUT2D eigenvalue weighted by Gasteiger charge is -2.12. The summed E-state index contributed by atoms with van der Waals surface area (Å²) in [5, 5.41) is 17.2.